The maximum atomic E-state index is 13.1. The van der Waals surface area contributed by atoms with Crippen LogP contribution in [0.3, 0.4) is 0 Å². The number of nitrogens with one attached hydrogen (secondary N) is 1. The lowest BCUT2D eigenvalue weighted by atomic mass is 9.78. The fourth-order valence-corrected chi connectivity index (χ4v) is 3.25. The van der Waals surface area contributed by atoms with Crippen LogP contribution in [0.1, 0.15) is 37.4 Å². The SMILES string of the molecule is FC(F)(F)C1CCCCC1c1nc2ncc(Br)cc2[nH]1. The van der Waals surface area contributed by atoms with Gasteiger partial charge in [0.1, 0.15) is 5.82 Å². The number of aromatic nitrogens is 3. The molecule has 2 unspecified atom stereocenters. The first-order valence-corrected chi connectivity index (χ1v) is 7.32. The average molecular weight is 348 g/mol. The van der Waals surface area contributed by atoms with Crippen LogP contribution in [0, 0.1) is 5.92 Å². The maximum Gasteiger partial charge on any atom is 0.392 e. The van der Waals surface area contributed by atoms with Crippen molar-refractivity contribution < 1.29 is 13.2 Å². The van der Waals surface area contributed by atoms with Crippen molar-refractivity contribution in [3.63, 3.8) is 0 Å². The first kappa shape index (κ1) is 13.9. The van der Waals surface area contributed by atoms with Crippen LogP contribution in [0.5, 0.6) is 0 Å². The van der Waals surface area contributed by atoms with Crippen molar-refractivity contribution in [1.29, 1.82) is 0 Å². The van der Waals surface area contributed by atoms with Gasteiger partial charge in [-0.2, -0.15) is 13.2 Å². The molecule has 0 radical (unpaired) electrons. The highest BCUT2D eigenvalue weighted by atomic mass is 79.9. The summed E-state index contributed by atoms with van der Waals surface area (Å²) in [5.74, 6) is -1.48. The number of hydrogen-bond acceptors (Lipinski definition) is 2. The predicted octanol–water partition coefficient (Wildman–Crippen LogP) is 4.56. The zero-order chi connectivity index (χ0) is 14.3. The van der Waals surface area contributed by atoms with Crippen LogP contribution >= 0.6 is 15.9 Å². The first-order chi connectivity index (χ1) is 9.45. The molecule has 7 heteroatoms. The van der Waals surface area contributed by atoms with Crippen molar-refractivity contribution >= 4 is 27.1 Å². The third-order valence-corrected chi connectivity index (χ3v) is 4.29. The van der Waals surface area contributed by atoms with Crippen molar-refractivity contribution in [3.05, 3.63) is 22.6 Å². The third-order valence-electron chi connectivity index (χ3n) is 3.86. The van der Waals surface area contributed by atoms with Gasteiger partial charge in [0.25, 0.3) is 0 Å². The van der Waals surface area contributed by atoms with E-state index in [9.17, 15) is 13.2 Å². The standard InChI is InChI=1S/C13H13BrF3N3/c14-7-5-10-12(18-6-7)20-11(19-10)8-3-1-2-4-9(8)13(15,16)17/h5-6,8-9H,1-4H2,(H,18,19,20). The first-order valence-electron chi connectivity index (χ1n) is 6.53. The van der Waals surface area contributed by atoms with Gasteiger partial charge in [0.05, 0.1) is 11.4 Å². The molecule has 20 heavy (non-hydrogen) atoms. The Morgan fingerprint density at radius 2 is 2.00 bits per heavy atom. The Labute approximate surface area is 122 Å². The molecule has 3 nitrogen and oxygen atoms in total. The molecule has 0 aliphatic heterocycles. The highest BCUT2D eigenvalue weighted by Crippen LogP contribution is 2.45. The summed E-state index contributed by atoms with van der Waals surface area (Å²) in [5.41, 5.74) is 1.13. The number of aromatic amines is 1. The van der Waals surface area contributed by atoms with Crippen LogP contribution in [0.4, 0.5) is 13.2 Å². The van der Waals surface area contributed by atoms with Crippen LogP contribution in [-0.2, 0) is 0 Å². The molecule has 1 N–H and O–H groups in total. The number of H-pyrrole nitrogens is 1. The van der Waals surface area contributed by atoms with Crippen molar-refractivity contribution in [2.24, 2.45) is 5.92 Å². The van der Waals surface area contributed by atoms with E-state index in [2.05, 4.69) is 30.9 Å². The fourth-order valence-electron chi connectivity index (χ4n) is 2.92. The molecule has 0 saturated heterocycles. The molecule has 0 amide bonds. The summed E-state index contributed by atoms with van der Waals surface area (Å²) in [4.78, 5) is 11.4. The van der Waals surface area contributed by atoms with E-state index in [0.717, 1.165) is 10.9 Å². The van der Waals surface area contributed by atoms with Gasteiger partial charge in [-0.05, 0) is 34.8 Å². The molecule has 1 saturated carbocycles. The summed E-state index contributed by atoms with van der Waals surface area (Å²) in [7, 11) is 0. The average Bonchev–Trinajstić information content (AvgIpc) is 2.80. The Kier molecular flexibility index (Phi) is 3.48. The minimum absolute atomic E-state index is 0.183. The van der Waals surface area contributed by atoms with Gasteiger partial charge in [-0.1, -0.05) is 12.8 Å². The molecular formula is C13H13BrF3N3. The van der Waals surface area contributed by atoms with Crippen LogP contribution in [0.2, 0.25) is 0 Å². The molecule has 1 aliphatic carbocycles. The molecule has 0 bridgehead atoms. The zero-order valence-corrected chi connectivity index (χ0v) is 12.1. The van der Waals surface area contributed by atoms with E-state index >= 15 is 0 Å². The van der Waals surface area contributed by atoms with Gasteiger partial charge in [0, 0.05) is 16.6 Å². The van der Waals surface area contributed by atoms with Crippen LogP contribution in [0.15, 0.2) is 16.7 Å². The molecule has 0 aromatic carbocycles. The van der Waals surface area contributed by atoms with E-state index in [-0.39, 0.29) is 6.42 Å². The van der Waals surface area contributed by atoms with E-state index in [1.807, 2.05) is 0 Å². The lowest BCUT2D eigenvalue weighted by molar-refractivity contribution is -0.187. The molecule has 2 heterocycles. The van der Waals surface area contributed by atoms with Gasteiger partial charge < -0.3 is 4.98 Å². The van der Waals surface area contributed by atoms with Gasteiger partial charge in [-0.3, -0.25) is 0 Å². The number of alkyl halides is 3. The summed E-state index contributed by atoms with van der Waals surface area (Å²) in [6, 6.07) is 1.78. The number of pyridine rings is 1. The van der Waals surface area contributed by atoms with Crippen molar-refractivity contribution in [2.75, 3.05) is 0 Å². The minimum Gasteiger partial charge on any atom is -0.340 e. The van der Waals surface area contributed by atoms with E-state index in [1.54, 1.807) is 12.3 Å². The maximum absolute atomic E-state index is 13.1. The number of rotatable bonds is 1. The highest BCUT2D eigenvalue weighted by molar-refractivity contribution is 9.10. The Morgan fingerprint density at radius 1 is 1.25 bits per heavy atom. The Hall–Kier alpha value is -1.11. The second-order valence-corrected chi connectivity index (χ2v) is 6.10. The van der Waals surface area contributed by atoms with Gasteiger partial charge in [0.2, 0.25) is 0 Å². The third kappa shape index (κ3) is 2.55. The molecular weight excluding hydrogens is 335 g/mol. The summed E-state index contributed by atoms with van der Waals surface area (Å²) in [6.07, 6.45) is -0.434. The van der Waals surface area contributed by atoms with Gasteiger partial charge >= 0.3 is 6.18 Å². The van der Waals surface area contributed by atoms with Gasteiger partial charge in [0.15, 0.2) is 5.65 Å². The predicted molar refractivity (Wildman–Crippen MR) is 72.3 cm³/mol. The molecule has 1 aliphatic rings. The fraction of sp³-hybridized carbons (Fsp3) is 0.538. The molecule has 2 atom stereocenters. The van der Waals surface area contributed by atoms with Crippen molar-refractivity contribution in [1.82, 2.24) is 15.0 Å². The summed E-state index contributed by atoms with van der Waals surface area (Å²) >= 11 is 3.29. The minimum atomic E-state index is -4.17. The topological polar surface area (TPSA) is 41.6 Å². The number of imidazole rings is 1. The molecule has 2 aromatic rings. The number of fused-ring (bicyclic) bond motifs is 1. The molecule has 2 aromatic heterocycles. The second kappa shape index (κ2) is 5.02. The summed E-state index contributed by atoms with van der Waals surface area (Å²) in [5, 5.41) is 0. The van der Waals surface area contributed by atoms with E-state index in [4.69, 9.17) is 0 Å². The van der Waals surface area contributed by atoms with Crippen molar-refractivity contribution in [3.8, 4) is 0 Å². The van der Waals surface area contributed by atoms with Crippen LogP contribution in [0.25, 0.3) is 11.2 Å². The number of nitrogens with zero attached hydrogens (tertiary/aromatic N) is 2. The van der Waals surface area contributed by atoms with Gasteiger partial charge in [-0.25, -0.2) is 9.97 Å². The highest BCUT2D eigenvalue weighted by Gasteiger charge is 2.46. The van der Waals surface area contributed by atoms with Crippen LogP contribution < -0.4 is 0 Å². The van der Waals surface area contributed by atoms with E-state index < -0.39 is 18.0 Å². The second-order valence-electron chi connectivity index (χ2n) is 5.19. The largest absolute Gasteiger partial charge is 0.392 e. The molecule has 1 fully saturated rings. The molecule has 3 rings (SSSR count). The Bertz CT molecular complexity index is 623. The lowest BCUT2D eigenvalue weighted by Crippen LogP contribution is -2.32. The quantitative estimate of drug-likeness (QED) is 0.821. The van der Waals surface area contributed by atoms with Gasteiger partial charge in [-0.15, -0.1) is 0 Å². The van der Waals surface area contributed by atoms with Crippen molar-refractivity contribution in [2.45, 2.75) is 37.8 Å². The van der Waals surface area contributed by atoms with E-state index in [1.165, 1.54) is 0 Å². The summed E-state index contributed by atoms with van der Waals surface area (Å²) < 4.78 is 40.2. The van der Waals surface area contributed by atoms with Crippen LogP contribution in [-0.4, -0.2) is 21.1 Å². The smallest absolute Gasteiger partial charge is 0.340 e. The lowest BCUT2D eigenvalue weighted by Gasteiger charge is -2.31. The normalized spacial score (nSPS) is 24.2. The zero-order valence-electron chi connectivity index (χ0n) is 10.5. The number of hydrogen-bond donors (Lipinski definition) is 1. The molecule has 108 valence electrons. The Morgan fingerprint density at radius 3 is 2.75 bits per heavy atom. The van der Waals surface area contributed by atoms with E-state index in [0.29, 0.717) is 29.8 Å². The summed E-state index contributed by atoms with van der Waals surface area (Å²) in [6.45, 7) is 0. The number of halogens is 4. The monoisotopic (exact) mass is 347 g/mol. The Balaban J connectivity index is 1.99. The molecule has 0 spiro atoms.